The van der Waals surface area contributed by atoms with Crippen LogP contribution in [0, 0.1) is 10.1 Å². The number of benzene rings is 1. The van der Waals surface area contributed by atoms with Crippen molar-refractivity contribution in [2.24, 2.45) is 0 Å². The van der Waals surface area contributed by atoms with Crippen LogP contribution < -0.4 is 5.32 Å². The van der Waals surface area contributed by atoms with Gasteiger partial charge in [-0.3, -0.25) is 15.2 Å². The third-order valence-corrected chi connectivity index (χ3v) is 3.13. The van der Waals surface area contributed by atoms with Gasteiger partial charge in [-0.25, -0.2) is 0 Å². The molecule has 1 aromatic carbocycles. The van der Waals surface area contributed by atoms with E-state index in [1.165, 1.54) is 17.7 Å². The van der Waals surface area contributed by atoms with Gasteiger partial charge in [-0.2, -0.15) is 5.10 Å². The van der Waals surface area contributed by atoms with Gasteiger partial charge >= 0.3 is 0 Å². The number of hydrogen-bond donors (Lipinski definition) is 2. The predicted molar refractivity (Wildman–Crippen MR) is 68.2 cm³/mol. The molecule has 92 valence electrons. The molecule has 0 atom stereocenters. The molecule has 0 radical (unpaired) electrons. The molecular formula is C12H12N4O2. The normalized spacial score (nSPS) is 15.7. The summed E-state index contributed by atoms with van der Waals surface area (Å²) in [5, 5.41) is 22.0. The maximum atomic E-state index is 10.7. The van der Waals surface area contributed by atoms with Crippen LogP contribution in [0.2, 0.25) is 0 Å². The zero-order chi connectivity index (χ0) is 12.5. The van der Waals surface area contributed by atoms with Crippen molar-refractivity contribution in [1.82, 2.24) is 15.5 Å². The van der Waals surface area contributed by atoms with Gasteiger partial charge in [0.25, 0.3) is 5.69 Å². The van der Waals surface area contributed by atoms with E-state index in [1.807, 2.05) is 0 Å². The highest BCUT2D eigenvalue weighted by Crippen LogP contribution is 2.27. The van der Waals surface area contributed by atoms with Crippen LogP contribution in [0.5, 0.6) is 0 Å². The van der Waals surface area contributed by atoms with Gasteiger partial charge in [-0.15, -0.1) is 0 Å². The Morgan fingerprint density at radius 1 is 1.39 bits per heavy atom. The molecule has 6 heteroatoms. The molecule has 2 heterocycles. The Morgan fingerprint density at radius 2 is 2.28 bits per heavy atom. The highest BCUT2D eigenvalue weighted by Gasteiger charge is 2.15. The van der Waals surface area contributed by atoms with Crippen LogP contribution in [0.3, 0.4) is 0 Å². The van der Waals surface area contributed by atoms with E-state index in [1.54, 1.807) is 6.07 Å². The summed E-state index contributed by atoms with van der Waals surface area (Å²) in [4.78, 5) is 10.3. The minimum absolute atomic E-state index is 0.0805. The van der Waals surface area contributed by atoms with Gasteiger partial charge in [0.1, 0.15) is 0 Å². The second-order valence-electron chi connectivity index (χ2n) is 4.24. The Hall–Kier alpha value is -2.21. The Balaban J connectivity index is 2.09. The van der Waals surface area contributed by atoms with Crippen LogP contribution in [0.25, 0.3) is 16.5 Å². The molecule has 1 aliphatic heterocycles. The summed E-state index contributed by atoms with van der Waals surface area (Å²) in [6, 6.07) is 4.80. The topological polar surface area (TPSA) is 83.8 Å². The summed E-state index contributed by atoms with van der Waals surface area (Å²) in [6.45, 7) is 1.78. The van der Waals surface area contributed by atoms with Gasteiger partial charge in [0.05, 0.1) is 16.1 Å². The zero-order valence-electron chi connectivity index (χ0n) is 9.64. The molecule has 0 amide bonds. The van der Waals surface area contributed by atoms with Gasteiger partial charge in [-0.05, 0) is 24.6 Å². The molecule has 0 aliphatic carbocycles. The molecule has 0 bridgehead atoms. The number of nitrogens with one attached hydrogen (secondary N) is 2. The van der Waals surface area contributed by atoms with E-state index in [9.17, 15) is 10.1 Å². The number of fused-ring (bicyclic) bond motifs is 1. The summed E-state index contributed by atoms with van der Waals surface area (Å²) in [7, 11) is 0. The first-order valence-corrected chi connectivity index (χ1v) is 5.78. The first-order valence-electron chi connectivity index (χ1n) is 5.78. The van der Waals surface area contributed by atoms with Crippen LogP contribution in [-0.2, 0) is 0 Å². The lowest BCUT2D eigenvalue weighted by Gasteiger charge is -2.11. The van der Waals surface area contributed by atoms with E-state index in [-0.39, 0.29) is 5.69 Å². The summed E-state index contributed by atoms with van der Waals surface area (Å²) in [5.41, 5.74) is 2.88. The van der Waals surface area contributed by atoms with Crippen LogP contribution in [0.1, 0.15) is 12.1 Å². The number of nitro groups is 1. The Bertz CT molecular complexity index is 645. The number of hydrogen-bond acceptors (Lipinski definition) is 4. The van der Waals surface area contributed by atoms with Crippen LogP contribution in [0.4, 0.5) is 5.69 Å². The molecule has 0 spiro atoms. The van der Waals surface area contributed by atoms with Gasteiger partial charge in [-0.1, -0.05) is 6.08 Å². The van der Waals surface area contributed by atoms with Crippen molar-refractivity contribution in [3.63, 3.8) is 0 Å². The van der Waals surface area contributed by atoms with Crippen LogP contribution in [-0.4, -0.2) is 28.2 Å². The van der Waals surface area contributed by atoms with Gasteiger partial charge in [0, 0.05) is 24.1 Å². The molecule has 0 saturated carbocycles. The maximum Gasteiger partial charge on any atom is 0.271 e. The minimum atomic E-state index is -0.399. The lowest BCUT2D eigenvalue weighted by molar-refractivity contribution is -0.384. The van der Waals surface area contributed by atoms with E-state index >= 15 is 0 Å². The maximum absolute atomic E-state index is 10.7. The van der Waals surface area contributed by atoms with Gasteiger partial charge in [0.15, 0.2) is 0 Å². The third kappa shape index (κ3) is 1.76. The second kappa shape index (κ2) is 4.23. The van der Waals surface area contributed by atoms with Crippen LogP contribution >= 0.6 is 0 Å². The highest BCUT2D eigenvalue weighted by molar-refractivity contribution is 5.91. The summed E-state index contributed by atoms with van der Waals surface area (Å²) in [5.74, 6) is 0. The minimum Gasteiger partial charge on any atom is -0.313 e. The number of nitrogens with zero attached hydrogens (tertiary/aromatic N) is 2. The predicted octanol–water partition coefficient (Wildman–Crippen LogP) is 1.85. The van der Waals surface area contributed by atoms with E-state index in [0.29, 0.717) is 5.52 Å². The quantitative estimate of drug-likeness (QED) is 0.623. The summed E-state index contributed by atoms with van der Waals surface area (Å²) < 4.78 is 0. The number of non-ortho nitro benzene ring substituents is 1. The molecule has 1 aliphatic rings. The number of aromatic nitrogens is 2. The lowest BCUT2D eigenvalue weighted by atomic mass is 10.0. The average molecular weight is 244 g/mol. The van der Waals surface area contributed by atoms with Crippen molar-refractivity contribution in [2.45, 2.75) is 6.42 Å². The molecule has 2 N–H and O–H groups in total. The van der Waals surface area contributed by atoms with Crippen molar-refractivity contribution in [2.75, 3.05) is 13.1 Å². The third-order valence-electron chi connectivity index (χ3n) is 3.13. The number of H-pyrrole nitrogens is 1. The summed E-state index contributed by atoms with van der Waals surface area (Å²) >= 11 is 0. The van der Waals surface area contributed by atoms with Gasteiger partial charge < -0.3 is 5.32 Å². The van der Waals surface area contributed by atoms with Crippen molar-refractivity contribution in [1.29, 1.82) is 0 Å². The molecule has 1 aromatic heterocycles. The van der Waals surface area contributed by atoms with Crippen molar-refractivity contribution in [3.8, 4) is 0 Å². The van der Waals surface area contributed by atoms with E-state index in [4.69, 9.17) is 0 Å². The Kier molecular flexibility index (Phi) is 2.56. The zero-order valence-corrected chi connectivity index (χ0v) is 9.64. The molecule has 0 unspecified atom stereocenters. The summed E-state index contributed by atoms with van der Waals surface area (Å²) in [6.07, 6.45) is 3.04. The molecule has 0 saturated heterocycles. The standard InChI is InChI=1S/C12H12N4O2/c17-16(18)9-1-2-10-11(7-9)14-15-12(10)8-3-5-13-6-4-8/h1-3,7,13H,4-6H2,(H,14,15). The van der Waals surface area contributed by atoms with E-state index in [2.05, 4.69) is 21.6 Å². The van der Waals surface area contributed by atoms with E-state index < -0.39 is 4.92 Å². The molecule has 3 rings (SSSR count). The molecular weight excluding hydrogens is 232 g/mol. The fourth-order valence-electron chi connectivity index (χ4n) is 2.20. The van der Waals surface area contributed by atoms with Crippen molar-refractivity contribution >= 4 is 22.2 Å². The molecule has 0 fully saturated rings. The molecule has 18 heavy (non-hydrogen) atoms. The Labute approximate surface area is 103 Å². The number of nitro benzene ring substituents is 1. The SMILES string of the molecule is O=[N+]([O-])c1ccc2c(C3=CCNCC3)n[nH]c2c1. The fraction of sp³-hybridized carbons (Fsp3) is 0.250. The largest absolute Gasteiger partial charge is 0.313 e. The van der Waals surface area contributed by atoms with Crippen molar-refractivity contribution in [3.05, 3.63) is 40.1 Å². The smallest absolute Gasteiger partial charge is 0.271 e. The molecule has 2 aromatic rings. The average Bonchev–Trinajstić information content (AvgIpc) is 2.82. The number of rotatable bonds is 2. The highest BCUT2D eigenvalue weighted by atomic mass is 16.6. The lowest BCUT2D eigenvalue weighted by Crippen LogP contribution is -2.20. The van der Waals surface area contributed by atoms with Crippen LogP contribution in [0.15, 0.2) is 24.3 Å². The van der Waals surface area contributed by atoms with Crippen molar-refractivity contribution < 1.29 is 4.92 Å². The Morgan fingerprint density at radius 3 is 3.00 bits per heavy atom. The monoisotopic (exact) mass is 244 g/mol. The second-order valence-corrected chi connectivity index (χ2v) is 4.24. The first-order chi connectivity index (χ1) is 8.75. The van der Waals surface area contributed by atoms with E-state index in [0.717, 1.165) is 30.6 Å². The first kappa shape index (κ1) is 10.9. The molecule has 6 nitrogen and oxygen atoms in total. The number of aromatic amines is 1. The fourth-order valence-corrected chi connectivity index (χ4v) is 2.20. The van der Waals surface area contributed by atoms with Gasteiger partial charge in [0.2, 0.25) is 0 Å².